The summed E-state index contributed by atoms with van der Waals surface area (Å²) in [6.07, 6.45) is 2.38. The lowest BCUT2D eigenvalue weighted by Gasteiger charge is -2.02. The minimum atomic E-state index is 0.0363. The first-order valence-electron chi connectivity index (χ1n) is 3.63. The van der Waals surface area contributed by atoms with Crippen molar-refractivity contribution in [1.82, 2.24) is 0 Å². The molecule has 0 aromatic heterocycles. The van der Waals surface area contributed by atoms with Crippen LogP contribution in [0, 0.1) is 0 Å². The van der Waals surface area contributed by atoms with Gasteiger partial charge in [0.2, 0.25) is 0 Å². The Kier molecular flexibility index (Phi) is 1.43. The van der Waals surface area contributed by atoms with Crippen LogP contribution in [0.4, 0.5) is 0 Å². The topological polar surface area (TPSA) is 49.7 Å². The maximum Gasteiger partial charge on any atom is 0.154 e. The Morgan fingerprint density at radius 1 is 1.50 bits per heavy atom. The van der Waals surface area contributed by atoms with Gasteiger partial charge in [0, 0.05) is 6.21 Å². The Hall–Kier alpha value is -1.64. The predicted octanol–water partition coefficient (Wildman–Crippen LogP) is 1.14. The van der Waals surface area contributed by atoms with Crippen molar-refractivity contribution in [1.29, 1.82) is 0 Å². The molecule has 1 heterocycles. The smallest absolute Gasteiger partial charge is 0.154 e. The van der Waals surface area contributed by atoms with Crippen LogP contribution < -0.4 is 0 Å². The van der Waals surface area contributed by atoms with E-state index in [-0.39, 0.29) is 5.75 Å². The van der Waals surface area contributed by atoms with Gasteiger partial charge in [0.25, 0.3) is 0 Å². The Bertz CT molecular complexity index is 369. The van der Waals surface area contributed by atoms with Gasteiger partial charge in [0.1, 0.15) is 5.75 Å². The number of aromatic hydroxyl groups is 1. The molecule has 12 heavy (non-hydrogen) atoms. The van der Waals surface area contributed by atoms with Gasteiger partial charge in [0.05, 0.1) is 12.1 Å². The molecule has 0 amide bonds. The minimum absolute atomic E-state index is 0.0363. The summed E-state index contributed by atoms with van der Waals surface area (Å²) in [4.78, 5) is 14.6. The number of fused-ring (bicyclic) bond motifs is 1. The number of hydrogen-bond donors (Lipinski definition) is 1. The van der Waals surface area contributed by atoms with Crippen LogP contribution in [0.1, 0.15) is 21.5 Å². The number of phenols is 1. The maximum absolute atomic E-state index is 10.6. The van der Waals surface area contributed by atoms with Gasteiger partial charge in [-0.05, 0) is 23.3 Å². The van der Waals surface area contributed by atoms with Gasteiger partial charge >= 0.3 is 0 Å². The highest BCUT2D eigenvalue weighted by Gasteiger charge is 2.13. The average Bonchev–Trinajstić information content (AvgIpc) is 2.52. The van der Waals surface area contributed by atoms with E-state index in [1.54, 1.807) is 12.3 Å². The third-order valence-electron chi connectivity index (χ3n) is 1.97. The van der Waals surface area contributed by atoms with Gasteiger partial charge in [-0.3, -0.25) is 9.79 Å². The summed E-state index contributed by atoms with van der Waals surface area (Å²) in [7, 11) is 0. The Morgan fingerprint density at radius 3 is 3.08 bits per heavy atom. The van der Waals surface area contributed by atoms with E-state index < -0.39 is 0 Å². The van der Waals surface area contributed by atoms with E-state index in [0.717, 1.165) is 11.1 Å². The zero-order chi connectivity index (χ0) is 8.55. The summed E-state index contributed by atoms with van der Waals surface area (Å²) in [5.74, 6) is 0.0363. The molecule has 0 saturated heterocycles. The first-order chi connectivity index (χ1) is 5.83. The lowest BCUT2D eigenvalue weighted by atomic mass is 10.0. The second-order valence-electron chi connectivity index (χ2n) is 2.65. The Morgan fingerprint density at radius 2 is 2.33 bits per heavy atom. The van der Waals surface area contributed by atoms with Gasteiger partial charge in [-0.15, -0.1) is 0 Å². The number of phenolic OH excluding ortho intramolecular Hbond substituents is 1. The molecule has 0 saturated carbocycles. The van der Waals surface area contributed by atoms with Crippen molar-refractivity contribution >= 4 is 12.5 Å². The van der Waals surface area contributed by atoms with Crippen LogP contribution in [0.15, 0.2) is 17.1 Å². The highest BCUT2D eigenvalue weighted by Crippen LogP contribution is 2.25. The molecule has 1 aromatic carbocycles. The summed E-state index contributed by atoms with van der Waals surface area (Å²) in [6.45, 7) is 0.498. The van der Waals surface area contributed by atoms with Crippen molar-refractivity contribution in [2.24, 2.45) is 4.99 Å². The number of hydrogen-bond acceptors (Lipinski definition) is 3. The summed E-state index contributed by atoms with van der Waals surface area (Å²) in [6, 6.07) is 3.27. The van der Waals surface area contributed by atoms with Crippen molar-refractivity contribution in [2.75, 3.05) is 0 Å². The molecule has 0 fully saturated rings. The molecule has 0 bridgehead atoms. The molecular weight excluding hydrogens is 154 g/mol. The first-order valence-corrected chi connectivity index (χ1v) is 3.63. The fourth-order valence-corrected chi connectivity index (χ4v) is 1.33. The first kappa shape index (κ1) is 7.03. The molecule has 1 aliphatic heterocycles. The van der Waals surface area contributed by atoms with E-state index in [1.165, 1.54) is 6.07 Å². The number of benzene rings is 1. The quantitative estimate of drug-likeness (QED) is 0.628. The molecule has 0 aliphatic carbocycles. The SMILES string of the molecule is O=Cc1c(O)ccc2c1CN=C2. The van der Waals surface area contributed by atoms with Crippen molar-refractivity contribution < 1.29 is 9.90 Å². The molecule has 3 heteroatoms. The molecule has 0 radical (unpaired) electrons. The van der Waals surface area contributed by atoms with Crippen LogP contribution in [-0.2, 0) is 6.54 Å². The number of aliphatic imine (C=N–C) groups is 1. The van der Waals surface area contributed by atoms with Crippen LogP contribution in [0.25, 0.3) is 0 Å². The second kappa shape index (κ2) is 2.44. The largest absolute Gasteiger partial charge is 0.507 e. The maximum atomic E-state index is 10.6. The van der Waals surface area contributed by atoms with Crippen LogP contribution >= 0.6 is 0 Å². The summed E-state index contributed by atoms with van der Waals surface area (Å²) < 4.78 is 0. The number of rotatable bonds is 1. The summed E-state index contributed by atoms with van der Waals surface area (Å²) >= 11 is 0. The predicted molar refractivity (Wildman–Crippen MR) is 44.8 cm³/mol. The number of nitrogens with zero attached hydrogens (tertiary/aromatic N) is 1. The third kappa shape index (κ3) is 0.830. The highest BCUT2D eigenvalue weighted by molar-refractivity contribution is 5.92. The molecular formula is C9H7NO2. The van der Waals surface area contributed by atoms with Gasteiger partial charge in [-0.2, -0.15) is 0 Å². The lowest BCUT2D eigenvalue weighted by molar-refractivity contribution is 0.112. The van der Waals surface area contributed by atoms with E-state index >= 15 is 0 Å². The molecule has 1 N–H and O–H groups in total. The fraction of sp³-hybridized carbons (Fsp3) is 0.111. The molecule has 1 aromatic rings. The molecule has 60 valence electrons. The highest BCUT2D eigenvalue weighted by atomic mass is 16.3. The number of aldehydes is 1. The monoisotopic (exact) mass is 161 g/mol. The van der Waals surface area contributed by atoms with E-state index in [1.807, 2.05) is 0 Å². The van der Waals surface area contributed by atoms with E-state index in [2.05, 4.69) is 4.99 Å². The zero-order valence-electron chi connectivity index (χ0n) is 6.32. The number of carbonyl (C=O) groups is 1. The van der Waals surface area contributed by atoms with E-state index in [9.17, 15) is 9.90 Å². The fourth-order valence-electron chi connectivity index (χ4n) is 1.33. The normalized spacial score (nSPS) is 13.0. The van der Waals surface area contributed by atoms with Gasteiger partial charge < -0.3 is 5.11 Å². The molecule has 2 rings (SSSR count). The van der Waals surface area contributed by atoms with Crippen LogP contribution in [0.2, 0.25) is 0 Å². The molecule has 0 atom stereocenters. The lowest BCUT2D eigenvalue weighted by Crippen LogP contribution is -1.92. The van der Waals surface area contributed by atoms with Crippen molar-refractivity contribution in [2.45, 2.75) is 6.54 Å². The van der Waals surface area contributed by atoms with E-state index in [0.29, 0.717) is 18.4 Å². The zero-order valence-corrected chi connectivity index (χ0v) is 6.32. The average molecular weight is 161 g/mol. The van der Waals surface area contributed by atoms with E-state index in [4.69, 9.17) is 0 Å². The van der Waals surface area contributed by atoms with Crippen LogP contribution in [0.3, 0.4) is 0 Å². The Balaban J connectivity index is 2.69. The van der Waals surface area contributed by atoms with Crippen LogP contribution in [-0.4, -0.2) is 17.6 Å². The van der Waals surface area contributed by atoms with Gasteiger partial charge in [-0.1, -0.05) is 0 Å². The molecule has 3 nitrogen and oxygen atoms in total. The number of carbonyl (C=O) groups excluding carboxylic acids is 1. The standard InChI is InChI=1S/C9H7NO2/c11-5-8-7-4-10-3-6(7)1-2-9(8)12/h1-3,5,12H,4H2. The van der Waals surface area contributed by atoms with Crippen molar-refractivity contribution in [3.63, 3.8) is 0 Å². The van der Waals surface area contributed by atoms with Gasteiger partial charge in [0.15, 0.2) is 6.29 Å². The summed E-state index contributed by atoms with van der Waals surface area (Å²) in [5.41, 5.74) is 2.12. The van der Waals surface area contributed by atoms with Crippen molar-refractivity contribution in [3.05, 3.63) is 28.8 Å². The van der Waals surface area contributed by atoms with Crippen LogP contribution in [0.5, 0.6) is 5.75 Å². The molecule has 1 aliphatic rings. The molecule has 0 spiro atoms. The second-order valence-corrected chi connectivity index (χ2v) is 2.65. The van der Waals surface area contributed by atoms with Gasteiger partial charge in [-0.25, -0.2) is 0 Å². The Labute approximate surface area is 69.4 Å². The molecule has 0 unspecified atom stereocenters. The third-order valence-corrected chi connectivity index (χ3v) is 1.97. The minimum Gasteiger partial charge on any atom is -0.507 e. The van der Waals surface area contributed by atoms with Crippen molar-refractivity contribution in [3.8, 4) is 5.75 Å². The summed E-state index contributed by atoms with van der Waals surface area (Å²) in [5, 5.41) is 9.29.